The van der Waals surface area contributed by atoms with E-state index in [0.29, 0.717) is 26.6 Å². The maximum absolute atomic E-state index is 12.7. The molecule has 8 nitrogen and oxygen atoms in total. The maximum atomic E-state index is 12.7. The predicted octanol–water partition coefficient (Wildman–Crippen LogP) is 3.98. The van der Waals surface area contributed by atoms with Gasteiger partial charge in [-0.1, -0.05) is 58.7 Å². The number of aromatic nitrogens is 3. The van der Waals surface area contributed by atoms with Crippen molar-refractivity contribution in [1.29, 1.82) is 0 Å². The van der Waals surface area contributed by atoms with Crippen LogP contribution in [0.4, 0.5) is 5.69 Å². The van der Waals surface area contributed by atoms with Crippen LogP contribution in [0.25, 0.3) is 22.0 Å². The minimum atomic E-state index is -3.76. The second-order valence-corrected chi connectivity index (χ2v) is 10.7. The van der Waals surface area contributed by atoms with E-state index in [2.05, 4.69) is 10.3 Å². The molecule has 0 fully saturated rings. The summed E-state index contributed by atoms with van der Waals surface area (Å²) in [6.45, 7) is -0.368. The summed E-state index contributed by atoms with van der Waals surface area (Å²) in [6.07, 6.45) is 1.22. The van der Waals surface area contributed by atoms with E-state index in [4.69, 9.17) is 23.2 Å². The molecule has 1 unspecified atom stereocenters. The summed E-state index contributed by atoms with van der Waals surface area (Å²) in [5.74, 6) is 0. The number of aliphatic hydroxyl groups is 1. The second kappa shape index (κ2) is 10.3. The number of nitrogens with zero attached hydrogens (tertiary/aromatic N) is 4. The first kappa shape index (κ1) is 25.1. The highest BCUT2D eigenvalue weighted by Gasteiger charge is 2.27. The average Bonchev–Trinajstić information content (AvgIpc) is 2.84. The normalized spacial score (nSPS) is 12.6. The highest BCUT2D eigenvalue weighted by Crippen LogP contribution is 2.31. The molecule has 0 bridgehead atoms. The van der Waals surface area contributed by atoms with Gasteiger partial charge >= 0.3 is 0 Å². The van der Waals surface area contributed by atoms with Gasteiger partial charge in [-0.2, -0.15) is 0 Å². The number of hydrogen-bond donors (Lipinski definition) is 1. The quantitative estimate of drug-likeness (QED) is 0.367. The molecular formula is C24H22Cl2N4O4S. The van der Waals surface area contributed by atoms with Gasteiger partial charge in [-0.15, -0.1) is 5.10 Å². The third kappa shape index (κ3) is 5.48. The molecule has 0 amide bonds. The van der Waals surface area contributed by atoms with Crippen LogP contribution in [0.5, 0.6) is 0 Å². The van der Waals surface area contributed by atoms with Crippen LogP contribution in [-0.2, 0) is 16.6 Å². The van der Waals surface area contributed by atoms with Crippen molar-refractivity contribution in [1.82, 2.24) is 15.0 Å². The number of halogens is 2. The molecule has 0 radical (unpaired) electrons. The van der Waals surface area contributed by atoms with Crippen molar-refractivity contribution in [2.24, 2.45) is 0 Å². The van der Waals surface area contributed by atoms with E-state index in [1.807, 2.05) is 6.07 Å². The lowest BCUT2D eigenvalue weighted by atomic mass is 10.1. The van der Waals surface area contributed by atoms with Crippen molar-refractivity contribution < 1.29 is 13.5 Å². The highest BCUT2D eigenvalue weighted by molar-refractivity contribution is 7.92. The topological polar surface area (TPSA) is 105 Å². The van der Waals surface area contributed by atoms with Crippen LogP contribution < -0.4 is 9.86 Å². The second-order valence-electron chi connectivity index (χ2n) is 7.99. The number of fused-ring (bicyclic) bond motifs is 1. The monoisotopic (exact) mass is 532 g/mol. The van der Waals surface area contributed by atoms with Gasteiger partial charge in [-0.3, -0.25) is 9.10 Å². The Kier molecular flexibility index (Phi) is 7.42. The van der Waals surface area contributed by atoms with E-state index in [0.717, 1.165) is 21.7 Å². The van der Waals surface area contributed by atoms with Gasteiger partial charge in [0.05, 0.1) is 40.0 Å². The molecule has 0 saturated carbocycles. The summed E-state index contributed by atoms with van der Waals surface area (Å²) in [5.41, 5.74) is 2.17. The van der Waals surface area contributed by atoms with Gasteiger partial charge in [0.2, 0.25) is 10.0 Å². The Balaban J connectivity index is 1.60. The summed E-state index contributed by atoms with van der Waals surface area (Å²) in [4.78, 5) is 12.7. The molecular weight excluding hydrogens is 511 g/mol. The molecule has 1 atom stereocenters. The third-order valence-corrected chi connectivity index (χ3v) is 7.54. The Hall–Kier alpha value is -2.98. The summed E-state index contributed by atoms with van der Waals surface area (Å²) in [6, 6.07) is 18.1. The molecule has 4 aromatic rings. The lowest BCUT2D eigenvalue weighted by Crippen LogP contribution is -2.43. The van der Waals surface area contributed by atoms with Crippen molar-refractivity contribution in [3.8, 4) is 11.1 Å². The number of anilines is 1. The average molecular weight is 533 g/mol. The molecule has 0 aliphatic carbocycles. The molecule has 4 rings (SSSR count). The number of benzene rings is 3. The van der Waals surface area contributed by atoms with Crippen LogP contribution in [-0.4, -0.2) is 47.4 Å². The van der Waals surface area contributed by atoms with E-state index >= 15 is 0 Å². The molecule has 0 aliphatic rings. The smallest absolute Gasteiger partial charge is 0.277 e. The molecule has 1 N–H and O–H groups in total. The van der Waals surface area contributed by atoms with Gasteiger partial charge in [-0.05, 0) is 53.9 Å². The van der Waals surface area contributed by atoms with Crippen molar-refractivity contribution >= 4 is 49.8 Å². The number of rotatable bonds is 8. The first-order valence-electron chi connectivity index (χ1n) is 10.7. The number of aliphatic hydroxyl groups excluding tert-OH is 1. The van der Waals surface area contributed by atoms with Crippen LogP contribution in [0.2, 0.25) is 10.0 Å². The summed E-state index contributed by atoms with van der Waals surface area (Å²) >= 11 is 12.1. The SMILES string of the molecule is CS(=O)(=O)N(c1ccc(-c2ccc(Cl)c(Cl)c2)cc1)C(CO)CCn1nnc2ccccc2c1=O. The minimum absolute atomic E-state index is 0.0786. The Bertz CT molecular complexity index is 1530. The molecule has 0 aliphatic heterocycles. The van der Waals surface area contributed by atoms with Crippen molar-refractivity contribution in [3.63, 3.8) is 0 Å². The van der Waals surface area contributed by atoms with E-state index < -0.39 is 22.7 Å². The fourth-order valence-electron chi connectivity index (χ4n) is 3.87. The lowest BCUT2D eigenvalue weighted by Gasteiger charge is -2.30. The molecule has 0 spiro atoms. The van der Waals surface area contributed by atoms with Crippen LogP contribution >= 0.6 is 23.2 Å². The third-order valence-electron chi connectivity index (χ3n) is 5.58. The van der Waals surface area contributed by atoms with Crippen LogP contribution in [0, 0.1) is 0 Å². The molecule has 0 saturated heterocycles. The first-order chi connectivity index (χ1) is 16.7. The molecule has 1 heterocycles. The Morgan fingerprint density at radius 1 is 1.00 bits per heavy atom. The largest absolute Gasteiger partial charge is 0.394 e. The zero-order chi connectivity index (χ0) is 25.2. The van der Waals surface area contributed by atoms with Crippen LogP contribution in [0.3, 0.4) is 0 Å². The van der Waals surface area contributed by atoms with Gasteiger partial charge < -0.3 is 5.11 Å². The lowest BCUT2D eigenvalue weighted by molar-refractivity contribution is 0.255. The van der Waals surface area contributed by atoms with Gasteiger partial charge in [0.15, 0.2) is 0 Å². The van der Waals surface area contributed by atoms with E-state index in [1.165, 1.54) is 4.68 Å². The number of sulfonamides is 1. The van der Waals surface area contributed by atoms with Crippen molar-refractivity contribution in [2.75, 3.05) is 17.2 Å². The number of aryl methyl sites for hydroxylation is 1. The summed E-state index contributed by atoms with van der Waals surface area (Å²) in [5, 5.41) is 19.3. The Morgan fingerprint density at radius 3 is 2.34 bits per heavy atom. The van der Waals surface area contributed by atoms with Crippen LogP contribution in [0.1, 0.15) is 6.42 Å². The van der Waals surface area contributed by atoms with E-state index in [1.54, 1.807) is 60.7 Å². The molecule has 11 heteroatoms. The first-order valence-corrected chi connectivity index (χ1v) is 13.3. The van der Waals surface area contributed by atoms with Crippen LogP contribution in [0.15, 0.2) is 71.5 Å². The van der Waals surface area contributed by atoms with Gasteiger partial charge in [0.25, 0.3) is 5.56 Å². The van der Waals surface area contributed by atoms with Gasteiger partial charge in [0, 0.05) is 6.54 Å². The molecule has 1 aromatic heterocycles. The minimum Gasteiger partial charge on any atom is -0.394 e. The maximum Gasteiger partial charge on any atom is 0.277 e. The number of hydrogen-bond acceptors (Lipinski definition) is 6. The van der Waals surface area contributed by atoms with E-state index in [9.17, 15) is 18.3 Å². The molecule has 35 heavy (non-hydrogen) atoms. The Labute approximate surface area is 212 Å². The predicted molar refractivity (Wildman–Crippen MR) is 139 cm³/mol. The molecule has 3 aromatic carbocycles. The zero-order valence-electron chi connectivity index (χ0n) is 18.7. The standard InChI is InChI=1S/C24H22Cl2N4O4S/c1-35(33,34)30(18-9-6-16(7-10-18)17-8-11-21(25)22(26)14-17)19(15-31)12-13-29-24(32)20-4-2-3-5-23(20)27-28-29/h2-11,14,19,31H,12-13,15H2,1H3. The van der Waals surface area contributed by atoms with Crippen molar-refractivity contribution in [3.05, 3.63) is 87.1 Å². The summed E-state index contributed by atoms with van der Waals surface area (Å²) < 4.78 is 27.8. The van der Waals surface area contributed by atoms with Crippen molar-refractivity contribution in [2.45, 2.75) is 19.0 Å². The van der Waals surface area contributed by atoms with Gasteiger partial charge in [0.1, 0.15) is 5.52 Å². The van der Waals surface area contributed by atoms with E-state index in [-0.39, 0.29) is 18.5 Å². The molecule has 182 valence electrons. The van der Waals surface area contributed by atoms with Gasteiger partial charge in [-0.25, -0.2) is 13.1 Å². The fourth-order valence-corrected chi connectivity index (χ4v) is 5.39. The Morgan fingerprint density at radius 2 is 1.69 bits per heavy atom. The fraction of sp³-hybridized carbons (Fsp3) is 0.208. The highest BCUT2D eigenvalue weighted by atomic mass is 35.5. The summed E-state index contributed by atoms with van der Waals surface area (Å²) in [7, 11) is -3.76. The zero-order valence-corrected chi connectivity index (χ0v) is 21.0.